The number of hydrogen-bond acceptors (Lipinski definition) is 3. The van der Waals surface area contributed by atoms with Crippen LogP contribution in [-0.2, 0) is 0 Å². The summed E-state index contributed by atoms with van der Waals surface area (Å²) in [4.78, 5) is 4.21. The molecule has 2 nitrogen and oxygen atoms in total. The van der Waals surface area contributed by atoms with Gasteiger partial charge in [0.15, 0.2) is 0 Å². The maximum atomic E-state index is 3.47. The largest absolute Gasteiger partial charge is 0.314 e. The molecule has 0 radical (unpaired) electrons. The van der Waals surface area contributed by atoms with Gasteiger partial charge in [0.05, 0.1) is 0 Å². The average molecular weight is 238 g/mol. The van der Waals surface area contributed by atoms with E-state index in [2.05, 4.69) is 41.6 Å². The molecular formula is C13H22N2S. The Bertz CT molecular complexity index is 297. The third-order valence-electron chi connectivity index (χ3n) is 3.39. The molecule has 0 amide bonds. The minimum Gasteiger partial charge on any atom is -0.314 e. The number of piperazine rings is 1. The van der Waals surface area contributed by atoms with Gasteiger partial charge in [0, 0.05) is 36.6 Å². The van der Waals surface area contributed by atoms with E-state index in [9.17, 15) is 0 Å². The molecule has 90 valence electrons. The molecule has 1 aromatic rings. The van der Waals surface area contributed by atoms with Crippen LogP contribution in [0, 0.1) is 0 Å². The second-order valence-electron chi connectivity index (χ2n) is 4.61. The van der Waals surface area contributed by atoms with Crippen LogP contribution in [-0.4, -0.2) is 30.6 Å². The van der Waals surface area contributed by atoms with Crippen LogP contribution in [0.25, 0.3) is 0 Å². The Morgan fingerprint density at radius 3 is 3.12 bits per heavy atom. The normalized spacial score (nSPS) is 24.5. The van der Waals surface area contributed by atoms with Crippen LogP contribution in [0.3, 0.4) is 0 Å². The van der Waals surface area contributed by atoms with Crippen molar-refractivity contribution in [3.05, 3.63) is 22.4 Å². The van der Waals surface area contributed by atoms with E-state index in [4.69, 9.17) is 0 Å². The van der Waals surface area contributed by atoms with Crippen molar-refractivity contribution in [3.8, 4) is 0 Å². The Labute approximate surface area is 103 Å². The summed E-state index contributed by atoms with van der Waals surface area (Å²) in [7, 11) is 0. The Balaban J connectivity index is 2.11. The molecule has 0 saturated carbocycles. The van der Waals surface area contributed by atoms with Gasteiger partial charge in [0.1, 0.15) is 0 Å². The highest BCUT2D eigenvalue weighted by molar-refractivity contribution is 7.10. The van der Waals surface area contributed by atoms with E-state index in [1.807, 2.05) is 11.3 Å². The molecular weight excluding hydrogens is 216 g/mol. The Morgan fingerprint density at radius 2 is 2.50 bits per heavy atom. The van der Waals surface area contributed by atoms with Crippen LogP contribution in [0.1, 0.15) is 37.6 Å². The van der Waals surface area contributed by atoms with E-state index >= 15 is 0 Å². The number of thiophene rings is 1. The van der Waals surface area contributed by atoms with Crippen molar-refractivity contribution < 1.29 is 0 Å². The number of hydrogen-bond donors (Lipinski definition) is 1. The summed E-state index contributed by atoms with van der Waals surface area (Å²) in [5.74, 6) is 0. The summed E-state index contributed by atoms with van der Waals surface area (Å²) < 4.78 is 0. The first-order valence-electron chi connectivity index (χ1n) is 6.32. The van der Waals surface area contributed by atoms with Crippen LogP contribution in [0.15, 0.2) is 17.5 Å². The summed E-state index contributed by atoms with van der Waals surface area (Å²) in [5, 5.41) is 5.67. The maximum absolute atomic E-state index is 3.47. The van der Waals surface area contributed by atoms with Crippen LogP contribution in [0.2, 0.25) is 0 Å². The lowest BCUT2D eigenvalue weighted by Crippen LogP contribution is -2.50. The summed E-state index contributed by atoms with van der Waals surface area (Å²) in [6.45, 7) is 8.07. The third kappa shape index (κ3) is 2.65. The Morgan fingerprint density at radius 1 is 1.62 bits per heavy atom. The van der Waals surface area contributed by atoms with Crippen LogP contribution in [0.5, 0.6) is 0 Å². The fourth-order valence-corrected chi connectivity index (χ4v) is 3.43. The fraction of sp³-hybridized carbons (Fsp3) is 0.692. The van der Waals surface area contributed by atoms with Gasteiger partial charge in [0.25, 0.3) is 0 Å². The molecule has 2 unspecified atom stereocenters. The SMILES string of the molecule is CCCC(c1cccs1)N1CCNCC1C. The molecule has 2 heterocycles. The summed E-state index contributed by atoms with van der Waals surface area (Å²) in [5.41, 5.74) is 0. The van der Waals surface area contributed by atoms with Crippen molar-refractivity contribution in [2.75, 3.05) is 19.6 Å². The molecule has 1 aromatic heterocycles. The molecule has 2 rings (SSSR count). The van der Waals surface area contributed by atoms with Crippen molar-refractivity contribution in [3.63, 3.8) is 0 Å². The lowest BCUT2D eigenvalue weighted by Gasteiger charge is -2.39. The third-order valence-corrected chi connectivity index (χ3v) is 4.36. The van der Waals surface area contributed by atoms with Crippen molar-refractivity contribution >= 4 is 11.3 Å². The molecule has 1 fully saturated rings. The molecule has 0 spiro atoms. The first kappa shape index (κ1) is 12.1. The highest BCUT2D eigenvalue weighted by Crippen LogP contribution is 2.31. The zero-order chi connectivity index (χ0) is 11.4. The minimum absolute atomic E-state index is 0.641. The summed E-state index contributed by atoms with van der Waals surface area (Å²) in [6.07, 6.45) is 2.55. The van der Waals surface area contributed by atoms with E-state index in [0.29, 0.717) is 12.1 Å². The van der Waals surface area contributed by atoms with Crippen molar-refractivity contribution in [1.82, 2.24) is 10.2 Å². The van der Waals surface area contributed by atoms with Crippen LogP contribution >= 0.6 is 11.3 Å². The van der Waals surface area contributed by atoms with Crippen molar-refractivity contribution in [1.29, 1.82) is 0 Å². The lowest BCUT2D eigenvalue weighted by molar-refractivity contribution is 0.111. The summed E-state index contributed by atoms with van der Waals surface area (Å²) >= 11 is 1.90. The van der Waals surface area contributed by atoms with E-state index in [0.717, 1.165) is 13.1 Å². The predicted octanol–water partition coefficient (Wildman–Crippen LogP) is 2.88. The van der Waals surface area contributed by atoms with Crippen molar-refractivity contribution in [2.24, 2.45) is 0 Å². The van der Waals surface area contributed by atoms with Crippen LogP contribution < -0.4 is 5.32 Å². The molecule has 3 heteroatoms. The first-order chi connectivity index (χ1) is 7.83. The van der Waals surface area contributed by atoms with Gasteiger partial charge in [0.2, 0.25) is 0 Å². The Hall–Kier alpha value is -0.380. The van der Waals surface area contributed by atoms with Crippen LogP contribution in [0.4, 0.5) is 0 Å². The molecule has 1 N–H and O–H groups in total. The molecule has 2 atom stereocenters. The molecule has 1 saturated heterocycles. The second-order valence-corrected chi connectivity index (χ2v) is 5.59. The molecule has 0 aliphatic carbocycles. The quantitative estimate of drug-likeness (QED) is 0.867. The second kappa shape index (κ2) is 5.80. The number of rotatable bonds is 4. The Kier molecular flexibility index (Phi) is 4.38. The monoisotopic (exact) mass is 238 g/mol. The van der Waals surface area contributed by atoms with E-state index in [-0.39, 0.29) is 0 Å². The molecule has 1 aliphatic heterocycles. The highest BCUT2D eigenvalue weighted by atomic mass is 32.1. The van der Waals surface area contributed by atoms with Gasteiger partial charge >= 0.3 is 0 Å². The molecule has 0 aromatic carbocycles. The van der Waals surface area contributed by atoms with Gasteiger partial charge in [-0.25, -0.2) is 0 Å². The van der Waals surface area contributed by atoms with E-state index < -0.39 is 0 Å². The fourth-order valence-electron chi connectivity index (χ4n) is 2.55. The predicted molar refractivity (Wildman–Crippen MR) is 71.0 cm³/mol. The highest BCUT2D eigenvalue weighted by Gasteiger charge is 2.26. The van der Waals surface area contributed by atoms with Crippen molar-refractivity contribution in [2.45, 2.75) is 38.8 Å². The topological polar surface area (TPSA) is 15.3 Å². The van der Waals surface area contributed by atoms with Gasteiger partial charge in [-0.2, -0.15) is 0 Å². The van der Waals surface area contributed by atoms with E-state index in [1.54, 1.807) is 0 Å². The van der Waals surface area contributed by atoms with Gasteiger partial charge in [-0.3, -0.25) is 4.90 Å². The standard InChI is InChI=1S/C13H22N2S/c1-3-5-12(13-6-4-9-16-13)15-8-7-14-10-11(15)2/h4,6,9,11-12,14H,3,5,7-8,10H2,1-2H3. The van der Waals surface area contributed by atoms with Gasteiger partial charge in [-0.1, -0.05) is 19.4 Å². The molecule has 0 bridgehead atoms. The lowest BCUT2D eigenvalue weighted by atomic mass is 10.0. The average Bonchev–Trinajstić information content (AvgIpc) is 2.80. The molecule has 16 heavy (non-hydrogen) atoms. The van der Waals surface area contributed by atoms with Gasteiger partial charge in [-0.15, -0.1) is 11.3 Å². The number of nitrogens with one attached hydrogen (secondary N) is 1. The van der Waals surface area contributed by atoms with Gasteiger partial charge < -0.3 is 5.32 Å². The molecule has 1 aliphatic rings. The summed E-state index contributed by atoms with van der Waals surface area (Å²) in [6, 6.07) is 5.77. The van der Waals surface area contributed by atoms with E-state index in [1.165, 1.54) is 24.3 Å². The minimum atomic E-state index is 0.641. The maximum Gasteiger partial charge on any atom is 0.0445 e. The smallest absolute Gasteiger partial charge is 0.0445 e. The number of nitrogens with zero attached hydrogens (tertiary/aromatic N) is 1. The zero-order valence-corrected chi connectivity index (χ0v) is 11.1. The first-order valence-corrected chi connectivity index (χ1v) is 7.20. The van der Waals surface area contributed by atoms with Gasteiger partial charge in [-0.05, 0) is 24.8 Å². The zero-order valence-electron chi connectivity index (χ0n) is 10.3.